The van der Waals surface area contributed by atoms with Crippen molar-refractivity contribution in [1.82, 2.24) is 0 Å². The summed E-state index contributed by atoms with van der Waals surface area (Å²) >= 11 is 12.7. The second kappa shape index (κ2) is 7.85. The fraction of sp³-hybridized carbons (Fsp3) is 0.650. The van der Waals surface area contributed by atoms with Crippen molar-refractivity contribution in [3.8, 4) is 0 Å². The van der Waals surface area contributed by atoms with Crippen LogP contribution >= 0.6 is 23.2 Å². The van der Waals surface area contributed by atoms with Crippen molar-refractivity contribution in [3.05, 3.63) is 33.8 Å². The molecule has 0 unspecified atom stereocenters. The van der Waals surface area contributed by atoms with Crippen molar-refractivity contribution in [2.24, 2.45) is 28.8 Å². The first-order valence-electron chi connectivity index (χ1n) is 9.22. The summed E-state index contributed by atoms with van der Waals surface area (Å²) in [5, 5.41) is 5.45. The standard InChI is InChI=1S/C20H27Cl2NO2/c1-11(2)14-9-8-12(3)10-17(14)24-20-13(4)19(23-25-20)18-15(21)6-5-7-16(18)22/h5-7,11-14,17,20H,8-10H2,1-4H3/t12-,13+,14+,17-,20-/m1/s1. The van der Waals surface area contributed by atoms with Crippen LogP contribution in [0.4, 0.5) is 0 Å². The summed E-state index contributed by atoms with van der Waals surface area (Å²) in [6, 6.07) is 5.48. The van der Waals surface area contributed by atoms with Gasteiger partial charge in [-0.15, -0.1) is 0 Å². The molecule has 0 saturated heterocycles. The molecule has 3 nitrogen and oxygen atoms in total. The largest absolute Gasteiger partial charge is 0.363 e. The summed E-state index contributed by atoms with van der Waals surface area (Å²) < 4.78 is 6.42. The topological polar surface area (TPSA) is 30.8 Å². The first kappa shape index (κ1) is 19.0. The van der Waals surface area contributed by atoms with Crippen LogP contribution in [0.25, 0.3) is 0 Å². The molecule has 1 fully saturated rings. The maximum Gasteiger partial charge on any atom is 0.235 e. The minimum atomic E-state index is -0.376. The molecule has 1 aromatic rings. The maximum absolute atomic E-state index is 6.42. The molecule has 0 spiro atoms. The predicted molar refractivity (Wildman–Crippen MR) is 103 cm³/mol. The van der Waals surface area contributed by atoms with Gasteiger partial charge in [-0.05, 0) is 42.7 Å². The van der Waals surface area contributed by atoms with E-state index in [9.17, 15) is 0 Å². The maximum atomic E-state index is 6.42. The fourth-order valence-electron chi connectivity index (χ4n) is 4.01. The molecule has 0 radical (unpaired) electrons. The highest BCUT2D eigenvalue weighted by molar-refractivity contribution is 6.40. The zero-order chi connectivity index (χ0) is 18.1. The Morgan fingerprint density at radius 2 is 1.84 bits per heavy atom. The van der Waals surface area contributed by atoms with Crippen LogP contribution in [0.3, 0.4) is 0 Å². The van der Waals surface area contributed by atoms with Gasteiger partial charge in [0.1, 0.15) is 0 Å². The van der Waals surface area contributed by atoms with Gasteiger partial charge in [0, 0.05) is 5.56 Å². The Hall–Kier alpha value is -0.770. The molecule has 1 heterocycles. The van der Waals surface area contributed by atoms with Crippen LogP contribution < -0.4 is 0 Å². The number of halogens is 2. The van der Waals surface area contributed by atoms with Gasteiger partial charge in [-0.2, -0.15) is 0 Å². The highest BCUT2D eigenvalue weighted by Crippen LogP contribution is 2.38. The molecule has 2 aliphatic rings. The van der Waals surface area contributed by atoms with Gasteiger partial charge < -0.3 is 9.57 Å². The summed E-state index contributed by atoms with van der Waals surface area (Å²) in [4.78, 5) is 5.66. The summed E-state index contributed by atoms with van der Waals surface area (Å²) in [5.74, 6) is 1.85. The van der Waals surface area contributed by atoms with Gasteiger partial charge in [0.25, 0.3) is 0 Å². The average molecular weight is 384 g/mol. The van der Waals surface area contributed by atoms with Crippen LogP contribution in [0.5, 0.6) is 0 Å². The van der Waals surface area contributed by atoms with Crippen molar-refractivity contribution >= 4 is 28.9 Å². The van der Waals surface area contributed by atoms with E-state index in [1.807, 2.05) is 18.2 Å². The summed E-state index contributed by atoms with van der Waals surface area (Å²) in [7, 11) is 0. The van der Waals surface area contributed by atoms with Crippen molar-refractivity contribution in [2.75, 3.05) is 0 Å². The van der Waals surface area contributed by atoms with Gasteiger partial charge >= 0.3 is 0 Å². The lowest BCUT2D eigenvalue weighted by Crippen LogP contribution is -2.39. The third kappa shape index (κ3) is 3.99. The minimum absolute atomic E-state index is 0.0116. The number of benzene rings is 1. The van der Waals surface area contributed by atoms with E-state index in [4.69, 9.17) is 32.8 Å². The van der Waals surface area contributed by atoms with Gasteiger partial charge in [0.2, 0.25) is 6.29 Å². The quantitative estimate of drug-likeness (QED) is 0.622. The Morgan fingerprint density at radius 1 is 1.16 bits per heavy atom. The second-order valence-corrected chi connectivity index (χ2v) is 8.65. The molecule has 138 valence electrons. The third-order valence-electron chi connectivity index (χ3n) is 5.58. The first-order valence-corrected chi connectivity index (χ1v) is 9.97. The molecule has 25 heavy (non-hydrogen) atoms. The Balaban J connectivity index is 1.74. The Labute approximate surface area is 160 Å². The van der Waals surface area contributed by atoms with Crippen LogP contribution in [0.2, 0.25) is 10.0 Å². The molecular weight excluding hydrogens is 357 g/mol. The first-order chi connectivity index (χ1) is 11.9. The van der Waals surface area contributed by atoms with E-state index in [-0.39, 0.29) is 18.3 Å². The average Bonchev–Trinajstić information content (AvgIpc) is 2.88. The van der Waals surface area contributed by atoms with Crippen LogP contribution in [-0.4, -0.2) is 18.1 Å². The Kier molecular flexibility index (Phi) is 5.97. The highest BCUT2D eigenvalue weighted by atomic mass is 35.5. The zero-order valence-electron chi connectivity index (χ0n) is 15.3. The highest BCUT2D eigenvalue weighted by Gasteiger charge is 2.39. The van der Waals surface area contributed by atoms with E-state index in [0.29, 0.717) is 27.8 Å². The normalized spacial score (nSPS) is 32.6. The fourth-order valence-corrected chi connectivity index (χ4v) is 4.61. The third-order valence-corrected chi connectivity index (χ3v) is 6.21. The lowest BCUT2D eigenvalue weighted by atomic mass is 9.75. The Morgan fingerprint density at radius 3 is 2.48 bits per heavy atom. The summed E-state index contributed by atoms with van der Waals surface area (Å²) in [5.41, 5.74) is 1.52. The number of ether oxygens (including phenoxy) is 1. The second-order valence-electron chi connectivity index (χ2n) is 7.84. The van der Waals surface area contributed by atoms with E-state index in [0.717, 1.165) is 17.7 Å². The lowest BCUT2D eigenvalue weighted by molar-refractivity contribution is -0.196. The Bertz CT molecular complexity index is 626. The number of hydrogen-bond acceptors (Lipinski definition) is 3. The summed E-state index contributed by atoms with van der Waals surface area (Å²) in [6.45, 7) is 8.92. The molecule has 0 amide bonds. The molecule has 5 heteroatoms. The smallest absolute Gasteiger partial charge is 0.235 e. The van der Waals surface area contributed by atoms with Crippen molar-refractivity contribution in [1.29, 1.82) is 0 Å². The molecular formula is C20H27Cl2NO2. The van der Waals surface area contributed by atoms with Crippen LogP contribution in [0, 0.1) is 23.7 Å². The molecule has 5 atom stereocenters. The van der Waals surface area contributed by atoms with E-state index in [1.165, 1.54) is 12.8 Å². The van der Waals surface area contributed by atoms with Crippen molar-refractivity contribution in [3.63, 3.8) is 0 Å². The number of rotatable bonds is 4. The molecule has 0 aromatic heterocycles. The number of hydrogen-bond donors (Lipinski definition) is 0. The van der Waals surface area contributed by atoms with E-state index in [1.54, 1.807) is 0 Å². The zero-order valence-corrected chi connectivity index (χ0v) is 16.8. The lowest BCUT2D eigenvalue weighted by Gasteiger charge is -2.38. The monoisotopic (exact) mass is 383 g/mol. The van der Waals surface area contributed by atoms with Crippen LogP contribution in [0.1, 0.15) is 52.5 Å². The minimum Gasteiger partial charge on any atom is -0.363 e. The molecule has 0 bridgehead atoms. The van der Waals surface area contributed by atoms with Crippen LogP contribution in [0.15, 0.2) is 23.4 Å². The molecule has 1 saturated carbocycles. The van der Waals surface area contributed by atoms with Gasteiger partial charge in [0.05, 0.1) is 27.8 Å². The van der Waals surface area contributed by atoms with E-state index < -0.39 is 0 Å². The number of oxime groups is 1. The van der Waals surface area contributed by atoms with E-state index in [2.05, 4.69) is 32.9 Å². The SMILES string of the molecule is CC(C)[C@@H]1CC[C@@H](C)C[C@H]1O[C@@H]1ON=C(c2c(Cl)cccc2Cl)[C@@H]1C. The molecule has 0 N–H and O–H groups in total. The van der Waals surface area contributed by atoms with Gasteiger partial charge in [-0.3, -0.25) is 0 Å². The van der Waals surface area contributed by atoms with Gasteiger partial charge in [0.15, 0.2) is 0 Å². The van der Waals surface area contributed by atoms with E-state index >= 15 is 0 Å². The van der Waals surface area contributed by atoms with Gasteiger partial charge in [-0.25, -0.2) is 0 Å². The number of nitrogens with zero attached hydrogens (tertiary/aromatic N) is 1. The molecule has 1 aliphatic carbocycles. The summed E-state index contributed by atoms with van der Waals surface area (Å²) in [6.07, 6.45) is 3.42. The molecule has 1 aliphatic heterocycles. The predicted octanol–water partition coefficient (Wildman–Crippen LogP) is 6.17. The van der Waals surface area contributed by atoms with Crippen molar-refractivity contribution in [2.45, 2.75) is 59.4 Å². The molecule has 1 aromatic carbocycles. The van der Waals surface area contributed by atoms with Crippen molar-refractivity contribution < 1.29 is 9.57 Å². The van der Waals surface area contributed by atoms with Crippen LogP contribution in [-0.2, 0) is 9.57 Å². The van der Waals surface area contributed by atoms with Gasteiger partial charge in [-0.1, -0.05) is 68.5 Å². The molecule has 3 rings (SSSR count).